The molecule has 0 aliphatic carbocycles. The Morgan fingerprint density at radius 2 is 2.08 bits per heavy atom. The number of rotatable bonds is 3. The van der Waals surface area contributed by atoms with Crippen molar-refractivity contribution in [3.8, 4) is 0 Å². The fourth-order valence-electron chi connectivity index (χ4n) is 1.80. The molecule has 2 N–H and O–H groups in total. The molecule has 1 unspecified atom stereocenters. The topological polar surface area (TPSA) is 27.3 Å². The molecule has 1 aliphatic heterocycles. The van der Waals surface area contributed by atoms with E-state index >= 15 is 0 Å². The summed E-state index contributed by atoms with van der Waals surface area (Å²) in [5.41, 5.74) is 0.259. The molecular formula is C10H23N3. The lowest BCUT2D eigenvalue weighted by Crippen LogP contribution is -2.61. The second-order valence-corrected chi connectivity index (χ2v) is 4.95. The van der Waals surface area contributed by atoms with Crippen molar-refractivity contribution in [1.82, 2.24) is 15.5 Å². The Kier molecular flexibility index (Phi) is 3.71. The van der Waals surface area contributed by atoms with Crippen LogP contribution >= 0.6 is 0 Å². The normalized spacial score (nSPS) is 27.9. The molecular weight excluding hydrogens is 162 g/mol. The Hall–Kier alpha value is -0.120. The third-order valence-corrected chi connectivity index (χ3v) is 2.48. The van der Waals surface area contributed by atoms with Gasteiger partial charge in [0.25, 0.3) is 0 Å². The maximum atomic E-state index is 3.66. The van der Waals surface area contributed by atoms with Crippen LogP contribution in [0.25, 0.3) is 0 Å². The van der Waals surface area contributed by atoms with Gasteiger partial charge in [-0.15, -0.1) is 0 Å². The lowest BCUT2D eigenvalue weighted by molar-refractivity contribution is 0.238. The quantitative estimate of drug-likeness (QED) is 0.661. The summed E-state index contributed by atoms with van der Waals surface area (Å²) in [6, 6.07) is 0.631. The van der Waals surface area contributed by atoms with Gasteiger partial charge in [0.05, 0.1) is 0 Å². The highest BCUT2D eigenvalue weighted by molar-refractivity contribution is 4.90. The average molecular weight is 185 g/mol. The molecule has 0 aromatic carbocycles. The molecule has 13 heavy (non-hydrogen) atoms. The van der Waals surface area contributed by atoms with Crippen molar-refractivity contribution in [2.45, 2.75) is 31.8 Å². The zero-order valence-corrected chi connectivity index (χ0v) is 9.35. The van der Waals surface area contributed by atoms with E-state index in [1.807, 2.05) is 0 Å². The number of hydrogen-bond acceptors (Lipinski definition) is 3. The van der Waals surface area contributed by atoms with E-state index in [1.165, 1.54) is 6.42 Å². The molecule has 0 saturated carbocycles. The first-order chi connectivity index (χ1) is 5.99. The number of piperazine rings is 1. The second-order valence-electron chi connectivity index (χ2n) is 4.95. The minimum absolute atomic E-state index is 0.259. The Balaban J connectivity index is 2.26. The summed E-state index contributed by atoms with van der Waals surface area (Å²) in [4.78, 5) is 2.24. The molecule has 1 saturated heterocycles. The van der Waals surface area contributed by atoms with Crippen molar-refractivity contribution < 1.29 is 0 Å². The Morgan fingerprint density at radius 1 is 1.38 bits per heavy atom. The van der Waals surface area contributed by atoms with Crippen LogP contribution in [0.3, 0.4) is 0 Å². The molecule has 0 bridgehead atoms. The SMILES string of the molecule is CN(C)CCC1CNCC(C)(C)N1. The highest BCUT2D eigenvalue weighted by atomic mass is 15.1. The van der Waals surface area contributed by atoms with Crippen molar-refractivity contribution in [2.75, 3.05) is 33.7 Å². The molecule has 0 radical (unpaired) electrons. The summed E-state index contributed by atoms with van der Waals surface area (Å²) in [5, 5.41) is 7.13. The van der Waals surface area contributed by atoms with E-state index in [1.54, 1.807) is 0 Å². The molecule has 1 rings (SSSR count). The van der Waals surface area contributed by atoms with Gasteiger partial charge >= 0.3 is 0 Å². The fourth-order valence-corrected chi connectivity index (χ4v) is 1.80. The van der Waals surface area contributed by atoms with Gasteiger partial charge in [0.15, 0.2) is 0 Å². The largest absolute Gasteiger partial charge is 0.313 e. The van der Waals surface area contributed by atoms with Gasteiger partial charge < -0.3 is 15.5 Å². The predicted octanol–water partition coefficient (Wildman–Crippen LogP) is 0.278. The van der Waals surface area contributed by atoms with Gasteiger partial charge in [0, 0.05) is 24.7 Å². The van der Waals surface area contributed by atoms with Crippen LogP contribution in [-0.4, -0.2) is 50.2 Å². The van der Waals surface area contributed by atoms with E-state index in [2.05, 4.69) is 43.5 Å². The van der Waals surface area contributed by atoms with E-state index in [9.17, 15) is 0 Å². The average Bonchev–Trinajstić information content (AvgIpc) is 1.99. The van der Waals surface area contributed by atoms with Crippen molar-refractivity contribution in [1.29, 1.82) is 0 Å². The first-order valence-corrected chi connectivity index (χ1v) is 5.13. The molecule has 1 atom stereocenters. The summed E-state index contributed by atoms with van der Waals surface area (Å²) in [6.07, 6.45) is 1.23. The summed E-state index contributed by atoms with van der Waals surface area (Å²) in [7, 11) is 4.25. The molecule has 1 aliphatic rings. The van der Waals surface area contributed by atoms with Crippen molar-refractivity contribution >= 4 is 0 Å². The Morgan fingerprint density at radius 3 is 2.62 bits per heavy atom. The maximum Gasteiger partial charge on any atom is 0.0252 e. The van der Waals surface area contributed by atoms with Crippen LogP contribution in [0, 0.1) is 0 Å². The Bertz CT molecular complexity index is 154. The first-order valence-electron chi connectivity index (χ1n) is 5.13. The van der Waals surface area contributed by atoms with Crippen molar-refractivity contribution in [2.24, 2.45) is 0 Å². The summed E-state index contributed by atoms with van der Waals surface area (Å²) >= 11 is 0. The van der Waals surface area contributed by atoms with Gasteiger partial charge in [0.2, 0.25) is 0 Å². The number of nitrogens with one attached hydrogen (secondary N) is 2. The first kappa shape index (κ1) is 11.0. The van der Waals surface area contributed by atoms with Crippen molar-refractivity contribution in [3.05, 3.63) is 0 Å². The van der Waals surface area contributed by atoms with E-state index in [0.717, 1.165) is 19.6 Å². The van der Waals surface area contributed by atoms with Crippen LogP contribution in [-0.2, 0) is 0 Å². The molecule has 0 amide bonds. The van der Waals surface area contributed by atoms with Crippen LogP contribution < -0.4 is 10.6 Å². The molecule has 0 aromatic rings. The highest BCUT2D eigenvalue weighted by Gasteiger charge is 2.25. The minimum atomic E-state index is 0.259. The maximum absolute atomic E-state index is 3.66. The summed E-state index contributed by atoms with van der Waals surface area (Å²) < 4.78 is 0. The predicted molar refractivity (Wildman–Crippen MR) is 57.0 cm³/mol. The lowest BCUT2D eigenvalue weighted by Gasteiger charge is -2.38. The van der Waals surface area contributed by atoms with Crippen LogP contribution in [0.5, 0.6) is 0 Å². The molecule has 1 fully saturated rings. The van der Waals surface area contributed by atoms with Crippen molar-refractivity contribution in [3.63, 3.8) is 0 Å². The van der Waals surface area contributed by atoms with Gasteiger partial charge in [-0.2, -0.15) is 0 Å². The summed E-state index contributed by atoms with van der Waals surface area (Å²) in [6.45, 7) is 7.85. The van der Waals surface area contributed by atoms with E-state index in [-0.39, 0.29) is 5.54 Å². The monoisotopic (exact) mass is 185 g/mol. The standard InChI is InChI=1S/C10H23N3/c1-10(2)8-11-7-9(12-10)5-6-13(3)4/h9,11-12H,5-8H2,1-4H3. The molecule has 0 spiro atoms. The highest BCUT2D eigenvalue weighted by Crippen LogP contribution is 2.08. The third-order valence-electron chi connectivity index (χ3n) is 2.48. The van der Waals surface area contributed by atoms with Crippen LogP contribution in [0.4, 0.5) is 0 Å². The second kappa shape index (κ2) is 4.40. The molecule has 0 aromatic heterocycles. The molecule has 3 nitrogen and oxygen atoms in total. The smallest absolute Gasteiger partial charge is 0.0252 e. The molecule has 3 heteroatoms. The van der Waals surface area contributed by atoms with Gasteiger partial charge in [-0.1, -0.05) is 0 Å². The lowest BCUT2D eigenvalue weighted by atomic mass is 9.99. The van der Waals surface area contributed by atoms with Gasteiger partial charge in [-0.05, 0) is 40.9 Å². The minimum Gasteiger partial charge on any atom is -0.313 e. The number of nitrogens with zero attached hydrogens (tertiary/aromatic N) is 1. The van der Waals surface area contributed by atoms with E-state index in [4.69, 9.17) is 0 Å². The van der Waals surface area contributed by atoms with E-state index < -0.39 is 0 Å². The Labute approximate surface area is 81.9 Å². The third kappa shape index (κ3) is 4.07. The summed E-state index contributed by atoms with van der Waals surface area (Å²) in [5.74, 6) is 0. The van der Waals surface area contributed by atoms with Gasteiger partial charge in [-0.3, -0.25) is 0 Å². The van der Waals surface area contributed by atoms with Crippen LogP contribution in [0.2, 0.25) is 0 Å². The van der Waals surface area contributed by atoms with Crippen LogP contribution in [0.1, 0.15) is 20.3 Å². The zero-order valence-electron chi connectivity index (χ0n) is 9.35. The fraction of sp³-hybridized carbons (Fsp3) is 1.00. The molecule has 78 valence electrons. The van der Waals surface area contributed by atoms with Gasteiger partial charge in [-0.25, -0.2) is 0 Å². The zero-order chi connectivity index (χ0) is 9.90. The van der Waals surface area contributed by atoms with Crippen LogP contribution in [0.15, 0.2) is 0 Å². The van der Waals surface area contributed by atoms with Gasteiger partial charge in [0.1, 0.15) is 0 Å². The molecule has 1 heterocycles. The van der Waals surface area contributed by atoms with E-state index in [0.29, 0.717) is 6.04 Å². The number of hydrogen-bond donors (Lipinski definition) is 2.